The van der Waals surface area contributed by atoms with Crippen molar-refractivity contribution in [2.75, 3.05) is 20.7 Å². The van der Waals surface area contributed by atoms with Crippen LogP contribution in [-0.2, 0) is 12.8 Å². The molecule has 5 heteroatoms. The van der Waals surface area contributed by atoms with Crippen molar-refractivity contribution in [1.82, 2.24) is 0 Å². The molecule has 2 aromatic carbocycles. The first-order valence-electron chi connectivity index (χ1n) is 7.64. The Kier molecular flexibility index (Phi) is 3.92. The van der Waals surface area contributed by atoms with Crippen LogP contribution in [0.3, 0.4) is 0 Å². The Hall–Kier alpha value is -2.24. The Bertz CT molecular complexity index is 710. The normalized spacial score (nSPS) is 23.3. The second-order valence-corrected chi connectivity index (χ2v) is 6.26. The van der Waals surface area contributed by atoms with Crippen LogP contribution < -0.4 is 4.74 Å². The molecule has 0 amide bonds. The minimum absolute atomic E-state index is 0.0591. The minimum atomic E-state index is -0.375. The molecule has 2 atom stereocenters. The Balaban J connectivity index is 2.01. The molecule has 23 heavy (non-hydrogen) atoms. The van der Waals surface area contributed by atoms with Crippen molar-refractivity contribution < 1.29 is 19.6 Å². The monoisotopic (exact) mass is 315 g/mol. The van der Waals surface area contributed by atoms with Crippen molar-refractivity contribution in [1.29, 1.82) is 0 Å². The van der Waals surface area contributed by atoms with E-state index in [0.29, 0.717) is 25.1 Å². The third kappa shape index (κ3) is 2.98. The third-order valence-electron chi connectivity index (χ3n) is 4.65. The summed E-state index contributed by atoms with van der Waals surface area (Å²) in [5, 5.41) is 32.4. The Morgan fingerprint density at radius 3 is 2.57 bits per heavy atom. The first kappa shape index (κ1) is 15.6. The van der Waals surface area contributed by atoms with E-state index in [9.17, 15) is 15.4 Å². The van der Waals surface area contributed by atoms with Crippen LogP contribution in [0.1, 0.15) is 22.7 Å². The summed E-state index contributed by atoms with van der Waals surface area (Å²) in [5.41, 5.74) is 2.91. The van der Waals surface area contributed by atoms with Crippen LogP contribution in [0.25, 0.3) is 0 Å². The fourth-order valence-electron chi connectivity index (χ4n) is 3.27. The highest BCUT2D eigenvalue weighted by molar-refractivity contribution is 5.48. The molecule has 0 spiro atoms. The molecule has 0 saturated carbocycles. The average Bonchev–Trinajstić information content (AvgIpc) is 2.52. The molecule has 5 nitrogen and oxygen atoms in total. The van der Waals surface area contributed by atoms with Crippen LogP contribution in [0.2, 0.25) is 0 Å². The Morgan fingerprint density at radius 2 is 1.91 bits per heavy atom. The molecule has 2 aromatic rings. The number of rotatable bonds is 3. The summed E-state index contributed by atoms with van der Waals surface area (Å²) in [7, 11) is 3.20. The molecular weight excluding hydrogens is 294 g/mol. The van der Waals surface area contributed by atoms with Gasteiger partial charge in [0.2, 0.25) is 0 Å². The van der Waals surface area contributed by atoms with Crippen molar-refractivity contribution in [3.63, 3.8) is 0 Å². The summed E-state index contributed by atoms with van der Waals surface area (Å²) in [4.78, 5) is 0. The van der Waals surface area contributed by atoms with Gasteiger partial charge in [0.05, 0.1) is 20.7 Å². The zero-order valence-corrected chi connectivity index (χ0v) is 13.3. The summed E-state index contributed by atoms with van der Waals surface area (Å²) >= 11 is 0. The molecule has 0 bridgehead atoms. The molecule has 0 aliphatic carbocycles. The standard InChI is InChI=1S/C18H21NO4/c1-19(22)8-7-13-10-18(23-2)17(21)11-15(13)16(19)9-12-3-5-14(20)6-4-12/h3-6,10-11,16,20-21H,7-9H2,1-2H3/t16-,19?/m0/s1. The maximum Gasteiger partial charge on any atom is 0.160 e. The van der Waals surface area contributed by atoms with Gasteiger partial charge in [0.15, 0.2) is 11.5 Å². The van der Waals surface area contributed by atoms with Gasteiger partial charge in [0.25, 0.3) is 0 Å². The average molecular weight is 315 g/mol. The van der Waals surface area contributed by atoms with Gasteiger partial charge in [-0.05, 0) is 35.4 Å². The number of benzene rings is 2. The highest BCUT2D eigenvalue weighted by Gasteiger charge is 2.34. The van der Waals surface area contributed by atoms with Gasteiger partial charge in [0, 0.05) is 18.4 Å². The molecule has 1 heterocycles. The summed E-state index contributed by atoms with van der Waals surface area (Å²) in [5.74, 6) is 0.706. The van der Waals surface area contributed by atoms with E-state index in [1.807, 2.05) is 18.2 Å². The van der Waals surface area contributed by atoms with Crippen LogP contribution in [0.5, 0.6) is 17.2 Å². The van der Waals surface area contributed by atoms with E-state index in [2.05, 4.69) is 0 Å². The lowest BCUT2D eigenvalue weighted by Gasteiger charge is -2.49. The van der Waals surface area contributed by atoms with E-state index in [-0.39, 0.29) is 22.2 Å². The number of likely N-dealkylation sites (N-methyl/N-ethyl adjacent to an activating group) is 1. The van der Waals surface area contributed by atoms with E-state index in [1.54, 1.807) is 25.2 Å². The highest BCUT2D eigenvalue weighted by Crippen LogP contribution is 2.41. The lowest BCUT2D eigenvalue weighted by atomic mass is 9.88. The number of aromatic hydroxyl groups is 2. The van der Waals surface area contributed by atoms with Crippen molar-refractivity contribution in [3.8, 4) is 17.2 Å². The van der Waals surface area contributed by atoms with Crippen LogP contribution >= 0.6 is 0 Å². The number of ether oxygens (including phenoxy) is 1. The fraction of sp³-hybridized carbons (Fsp3) is 0.333. The van der Waals surface area contributed by atoms with Crippen LogP contribution in [0.15, 0.2) is 36.4 Å². The van der Waals surface area contributed by atoms with Gasteiger partial charge in [0.1, 0.15) is 11.8 Å². The third-order valence-corrected chi connectivity index (χ3v) is 4.65. The first-order chi connectivity index (χ1) is 10.9. The molecular formula is C18H21NO4. The van der Waals surface area contributed by atoms with E-state index in [0.717, 1.165) is 16.7 Å². The van der Waals surface area contributed by atoms with Gasteiger partial charge in [-0.3, -0.25) is 0 Å². The number of hydroxylamine groups is 3. The topological polar surface area (TPSA) is 72.8 Å². The molecule has 122 valence electrons. The maximum absolute atomic E-state index is 12.9. The molecule has 0 saturated heterocycles. The lowest BCUT2D eigenvalue weighted by molar-refractivity contribution is -0.894. The van der Waals surface area contributed by atoms with Gasteiger partial charge in [-0.1, -0.05) is 12.1 Å². The van der Waals surface area contributed by atoms with Gasteiger partial charge in [-0.2, -0.15) is 0 Å². The lowest BCUT2D eigenvalue weighted by Crippen LogP contribution is -2.47. The number of phenolic OH excluding ortho intramolecular Hbond substituents is 2. The van der Waals surface area contributed by atoms with Crippen molar-refractivity contribution in [3.05, 3.63) is 58.3 Å². The van der Waals surface area contributed by atoms with Gasteiger partial charge in [-0.15, -0.1) is 0 Å². The second kappa shape index (κ2) is 5.76. The molecule has 0 aromatic heterocycles. The predicted molar refractivity (Wildman–Crippen MR) is 87.3 cm³/mol. The summed E-state index contributed by atoms with van der Waals surface area (Å²) in [6.07, 6.45) is 1.22. The molecule has 0 fully saturated rings. The quantitative estimate of drug-likeness (QED) is 0.675. The van der Waals surface area contributed by atoms with Crippen LogP contribution in [0, 0.1) is 5.21 Å². The highest BCUT2D eigenvalue weighted by atomic mass is 16.5. The summed E-state index contributed by atoms with van der Waals surface area (Å²) < 4.78 is 4.79. The molecule has 1 unspecified atom stereocenters. The smallest absolute Gasteiger partial charge is 0.160 e. The number of quaternary nitrogens is 1. The minimum Gasteiger partial charge on any atom is -0.633 e. The first-order valence-corrected chi connectivity index (χ1v) is 7.64. The largest absolute Gasteiger partial charge is 0.633 e. The second-order valence-electron chi connectivity index (χ2n) is 6.26. The fourth-order valence-corrected chi connectivity index (χ4v) is 3.27. The molecule has 1 aliphatic heterocycles. The Labute approximate surface area is 135 Å². The van der Waals surface area contributed by atoms with E-state index in [4.69, 9.17) is 4.74 Å². The van der Waals surface area contributed by atoms with E-state index >= 15 is 0 Å². The number of methoxy groups -OCH3 is 1. The number of phenols is 2. The zero-order valence-electron chi connectivity index (χ0n) is 13.3. The van der Waals surface area contributed by atoms with Gasteiger partial charge < -0.3 is 24.8 Å². The van der Waals surface area contributed by atoms with Crippen molar-refractivity contribution >= 4 is 0 Å². The number of hydrogen-bond acceptors (Lipinski definition) is 4. The predicted octanol–water partition coefficient (Wildman–Crippen LogP) is 2.89. The summed E-state index contributed by atoms with van der Waals surface area (Å²) in [6.45, 7) is 0.490. The van der Waals surface area contributed by atoms with Gasteiger partial charge in [-0.25, -0.2) is 0 Å². The van der Waals surface area contributed by atoms with Crippen LogP contribution in [-0.4, -0.2) is 35.6 Å². The summed E-state index contributed by atoms with van der Waals surface area (Å²) in [6, 6.07) is 10.1. The SMILES string of the molecule is COc1cc2c(cc1O)[C@H](Cc1ccc(O)cc1)[N+](C)([O-])CC2. The number of hydrogen-bond donors (Lipinski definition) is 2. The molecule has 3 rings (SSSR count). The van der Waals surface area contributed by atoms with Gasteiger partial charge >= 0.3 is 0 Å². The number of fused-ring (bicyclic) bond motifs is 1. The zero-order chi connectivity index (χ0) is 16.6. The maximum atomic E-state index is 12.9. The van der Waals surface area contributed by atoms with Crippen molar-refractivity contribution in [2.24, 2.45) is 0 Å². The van der Waals surface area contributed by atoms with E-state index in [1.165, 1.54) is 7.11 Å². The van der Waals surface area contributed by atoms with Crippen LogP contribution in [0.4, 0.5) is 0 Å². The van der Waals surface area contributed by atoms with Crippen molar-refractivity contribution in [2.45, 2.75) is 18.9 Å². The molecule has 0 radical (unpaired) electrons. The Morgan fingerprint density at radius 1 is 1.22 bits per heavy atom. The van der Waals surface area contributed by atoms with E-state index < -0.39 is 0 Å². The molecule has 1 aliphatic rings. The molecule has 2 N–H and O–H groups in total. The number of nitrogens with zero attached hydrogens (tertiary/aromatic N) is 1.